The Morgan fingerprint density at radius 3 is 2.42 bits per heavy atom. The van der Waals surface area contributed by atoms with Gasteiger partial charge in [0.2, 0.25) is 0 Å². The Kier molecular flexibility index (Phi) is 9.55. The summed E-state index contributed by atoms with van der Waals surface area (Å²) < 4.78 is 6.20. The fraction of sp³-hybridized carbons (Fsp3) is 0.0500. The summed E-state index contributed by atoms with van der Waals surface area (Å²) in [5, 5.41) is 7.47. The molecule has 1 heterocycles. The van der Waals surface area contributed by atoms with E-state index in [-0.39, 0.29) is 52.9 Å². The second-order valence-corrected chi connectivity index (χ2v) is 7.51. The minimum absolute atomic E-state index is 0. The maximum Gasteiger partial charge on any atom is 0.326 e. The Labute approximate surface area is 207 Å². The number of carbonyl (C=O) groups excluding carboxylic acids is 3. The highest BCUT2D eigenvalue weighted by Crippen LogP contribution is 2.30. The van der Waals surface area contributed by atoms with Crippen LogP contribution in [0.5, 0.6) is 11.8 Å². The zero-order valence-electron chi connectivity index (χ0n) is 16.8. The molecule has 0 saturated carbocycles. The van der Waals surface area contributed by atoms with Crippen LogP contribution in [0.25, 0.3) is 0 Å². The fourth-order valence-electron chi connectivity index (χ4n) is 2.45. The van der Waals surface area contributed by atoms with Crippen LogP contribution in [0, 0.1) is 0 Å². The Morgan fingerprint density at radius 1 is 1.06 bits per heavy atom. The van der Waals surface area contributed by atoms with Crippen molar-refractivity contribution in [3.8, 4) is 11.8 Å². The third-order valence-electron chi connectivity index (χ3n) is 3.89. The van der Waals surface area contributed by atoms with E-state index < -0.39 is 11.9 Å². The van der Waals surface area contributed by atoms with Crippen molar-refractivity contribution in [1.82, 2.24) is 15.3 Å². The number of carbonyl (C=O) groups is 3. The number of hydrogen-bond acceptors (Lipinski definition) is 6. The third-order valence-corrected chi connectivity index (χ3v) is 4.59. The molecule has 0 unspecified atom stereocenters. The first-order chi connectivity index (χ1) is 15.4. The van der Waals surface area contributed by atoms with E-state index in [0.29, 0.717) is 10.2 Å². The molecule has 2 aromatic carbocycles. The summed E-state index contributed by atoms with van der Waals surface area (Å²) in [5.74, 6) is -0.771. The Morgan fingerprint density at radius 2 is 1.76 bits per heavy atom. The number of quaternary nitrogens is 1. The number of halogens is 3. The largest absolute Gasteiger partial charge is 1.00 e. The molecule has 0 aliphatic carbocycles. The number of imide groups is 1. The first kappa shape index (κ1) is 26.0. The SMILES string of the molecule is [Cl-].[NH3+]CC(=O)Nc1ccccc1C(=O)NC(=O)Nc1ccc(Oc2ncc(Br)cn2)c(Cl)c1. The molecule has 33 heavy (non-hydrogen) atoms. The molecule has 3 rings (SSSR count). The number of nitrogens with zero attached hydrogens (tertiary/aromatic N) is 2. The first-order valence-electron chi connectivity index (χ1n) is 9.11. The number of urea groups is 1. The number of aromatic nitrogens is 2. The molecule has 4 amide bonds. The van der Waals surface area contributed by atoms with E-state index in [2.05, 4.69) is 47.6 Å². The monoisotopic (exact) mass is 554 g/mol. The maximum absolute atomic E-state index is 12.5. The molecule has 172 valence electrons. The van der Waals surface area contributed by atoms with Crippen LogP contribution in [0.2, 0.25) is 5.02 Å². The summed E-state index contributed by atoms with van der Waals surface area (Å²) in [6.07, 6.45) is 3.05. The van der Waals surface area contributed by atoms with Crippen molar-refractivity contribution in [2.45, 2.75) is 0 Å². The zero-order chi connectivity index (χ0) is 23.1. The number of anilines is 2. The lowest BCUT2D eigenvalue weighted by molar-refractivity contribution is -0.353. The number of amides is 4. The smallest absolute Gasteiger partial charge is 0.326 e. The lowest BCUT2D eigenvalue weighted by Crippen LogP contribution is -3.00. The van der Waals surface area contributed by atoms with E-state index in [1.165, 1.54) is 36.7 Å². The molecule has 0 aliphatic rings. The van der Waals surface area contributed by atoms with E-state index >= 15 is 0 Å². The van der Waals surface area contributed by atoms with E-state index in [1.54, 1.807) is 18.2 Å². The molecule has 10 nitrogen and oxygen atoms in total. The van der Waals surface area contributed by atoms with Crippen molar-refractivity contribution in [2.24, 2.45) is 0 Å². The van der Waals surface area contributed by atoms with Gasteiger partial charge in [0, 0.05) is 18.1 Å². The second-order valence-electron chi connectivity index (χ2n) is 6.18. The quantitative estimate of drug-likeness (QED) is 0.332. The number of rotatable bonds is 6. The van der Waals surface area contributed by atoms with Crippen molar-refractivity contribution < 1.29 is 37.3 Å². The van der Waals surface area contributed by atoms with Gasteiger partial charge in [-0.15, -0.1) is 0 Å². The van der Waals surface area contributed by atoms with Crippen LogP contribution < -0.4 is 38.8 Å². The van der Waals surface area contributed by atoms with Gasteiger partial charge in [-0.05, 0) is 46.3 Å². The first-order valence-corrected chi connectivity index (χ1v) is 10.3. The Bertz CT molecular complexity index is 1160. The molecule has 0 fully saturated rings. The van der Waals surface area contributed by atoms with Crippen molar-refractivity contribution >= 4 is 56.8 Å². The normalized spacial score (nSPS) is 9.91. The number of benzene rings is 2. The molecule has 0 bridgehead atoms. The van der Waals surface area contributed by atoms with Crippen LogP contribution in [0.15, 0.2) is 59.3 Å². The molecule has 1 aromatic heterocycles. The van der Waals surface area contributed by atoms with Gasteiger partial charge >= 0.3 is 12.0 Å². The van der Waals surface area contributed by atoms with Gasteiger partial charge in [0.05, 0.1) is 20.7 Å². The highest BCUT2D eigenvalue weighted by atomic mass is 79.9. The predicted molar refractivity (Wildman–Crippen MR) is 121 cm³/mol. The predicted octanol–water partition coefficient (Wildman–Crippen LogP) is -0.169. The lowest BCUT2D eigenvalue weighted by Gasteiger charge is -2.11. The molecule has 6 N–H and O–H groups in total. The van der Waals surface area contributed by atoms with Crippen LogP contribution in [0.3, 0.4) is 0 Å². The van der Waals surface area contributed by atoms with Crippen LogP contribution in [-0.4, -0.2) is 34.4 Å². The van der Waals surface area contributed by atoms with Crippen LogP contribution in [0.1, 0.15) is 10.4 Å². The molecule has 3 aromatic rings. The van der Waals surface area contributed by atoms with E-state index in [0.717, 1.165) is 0 Å². The van der Waals surface area contributed by atoms with E-state index in [4.69, 9.17) is 16.3 Å². The highest BCUT2D eigenvalue weighted by Gasteiger charge is 2.16. The van der Waals surface area contributed by atoms with Gasteiger partial charge in [0.15, 0.2) is 6.54 Å². The average molecular weight is 556 g/mol. The summed E-state index contributed by atoms with van der Waals surface area (Å²) in [5.41, 5.74) is 4.20. The van der Waals surface area contributed by atoms with E-state index in [1.807, 2.05) is 0 Å². The van der Waals surface area contributed by atoms with Gasteiger partial charge in [-0.3, -0.25) is 14.9 Å². The number of hydrogen-bond donors (Lipinski definition) is 4. The molecule has 0 radical (unpaired) electrons. The number of para-hydroxylation sites is 1. The molecule has 0 saturated heterocycles. The molecule has 0 atom stereocenters. The highest BCUT2D eigenvalue weighted by molar-refractivity contribution is 9.10. The standard InChI is InChI=1S/C20H16BrClN6O4.ClH/c21-11-9-24-20(25-10-11)32-16-6-5-12(7-14(16)22)26-19(31)28-18(30)13-3-1-2-4-15(13)27-17(29)8-23;/h1-7,9-10H,8,23H2,(H,27,29)(H2,26,28,30,31);1H. The maximum atomic E-state index is 12.5. The van der Waals surface area contributed by atoms with Gasteiger partial charge < -0.3 is 33.5 Å². The van der Waals surface area contributed by atoms with Gasteiger partial charge in [-0.1, -0.05) is 23.7 Å². The minimum Gasteiger partial charge on any atom is -1.00 e. The summed E-state index contributed by atoms with van der Waals surface area (Å²) in [7, 11) is 0. The number of ether oxygens (including phenoxy) is 1. The van der Waals surface area contributed by atoms with Crippen molar-refractivity contribution in [2.75, 3.05) is 17.2 Å². The van der Waals surface area contributed by atoms with Crippen LogP contribution >= 0.6 is 27.5 Å². The van der Waals surface area contributed by atoms with Gasteiger partial charge in [-0.25, -0.2) is 14.8 Å². The summed E-state index contributed by atoms with van der Waals surface area (Å²) in [4.78, 5) is 44.3. The zero-order valence-corrected chi connectivity index (χ0v) is 19.9. The topological polar surface area (TPSA) is 150 Å². The lowest BCUT2D eigenvalue weighted by atomic mass is 10.1. The van der Waals surface area contributed by atoms with E-state index in [9.17, 15) is 14.4 Å². The van der Waals surface area contributed by atoms with Crippen molar-refractivity contribution in [3.05, 3.63) is 69.9 Å². The fourth-order valence-corrected chi connectivity index (χ4v) is 2.87. The van der Waals surface area contributed by atoms with Gasteiger partial charge in [0.1, 0.15) is 5.75 Å². The van der Waals surface area contributed by atoms with Crippen LogP contribution in [0.4, 0.5) is 16.2 Å². The molecule has 0 spiro atoms. The van der Waals surface area contributed by atoms with Gasteiger partial charge in [-0.2, -0.15) is 0 Å². The molecular weight excluding hydrogens is 539 g/mol. The van der Waals surface area contributed by atoms with Crippen molar-refractivity contribution in [3.63, 3.8) is 0 Å². The summed E-state index contributed by atoms with van der Waals surface area (Å²) in [6, 6.07) is 10.1. The Balaban J connectivity index is 0.00000385. The Hall–Kier alpha value is -3.25. The van der Waals surface area contributed by atoms with Crippen LogP contribution in [-0.2, 0) is 4.79 Å². The number of nitrogens with one attached hydrogen (secondary N) is 3. The minimum atomic E-state index is -0.783. The molecular formula is C20H17BrCl2N6O4. The van der Waals surface area contributed by atoms with Gasteiger partial charge in [0.25, 0.3) is 11.8 Å². The molecule has 0 aliphatic heterocycles. The van der Waals surface area contributed by atoms with Crippen molar-refractivity contribution in [1.29, 1.82) is 0 Å². The molecule has 13 heteroatoms. The summed E-state index contributed by atoms with van der Waals surface area (Å²) in [6.45, 7) is 0.00481. The summed E-state index contributed by atoms with van der Waals surface area (Å²) >= 11 is 9.43. The average Bonchev–Trinajstić information content (AvgIpc) is 2.77. The second kappa shape index (κ2) is 12.1. The third kappa shape index (κ3) is 7.39.